The lowest BCUT2D eigenvalue weighted by molar-refractivity contribution is 0.0941. The fourth-order valence-electron chi connectivity index (χ4n) is 2.72. The average molecular weight is 374 g/mol. The monoisotopic (exact) mass is 373 g/mol. The lowest BCUT2D eigenvalue weighted by atomic mass is 10.0. The van der Waals surface area contributed by atoms with Crippen LogP contribution in [0.3, 0.4) is 0 Å². The van der Waals surface area contributed by atoms with Crippen LogP contribution in [0.2, 0.25) is 5.02 Å². The van der Waals surface area contributed by atoms with Crippen LogP contribution in [0.1, 0.15) is 27.8 Å². The average Bonchev–Trinajstić information content (AvgIpc) is 3.05. The van der Waals surface area contributed by atoms with Gasteiger partial charge in [-0.2, -0.15) is 0 Å². The molecule has 0 fully saturated rings. The van der Waals surface area contributed by atoms with Gasteiger partial charge in [-0.05, 0) is 24.3 Å². The molecule has 1 unspecified atom stereocenters. The summed E-state index contributed by atoms with van der Waals surface area (Å²) in [5, 5.41) is 2.96. The smallest absolute Gasteiger partial charge is 0.253 e. The van der Waals surface area contributed by atoms with E-state index in [4.69, 9.17) is 16.3 Å². The van der Waals surface area contributed by atoms with Gasteiger partial charge < -0.3 is 14.6 Å². The number of imidazole rings is 1. The molecule has 0 radical (unpaired) electrons. The van der Waals surface area contributed by atoms with Gasteiger partial charge in [-0.25, -0.2) is 9.37 Å². The zero-order chi connectivity index (χ0) is 18.7. The third-order valence-corrected chi connectivity index (χ3v) is 4.33. The van der Waals surface area contributed by atoms with Gasteiger partial charge in [0.25, 0.3) is 5.91 Å². The maximum atomic E-state index is 13.3. The summed E-state index contributed by atoms with van der Waals surface area (Å²) in [5.74, 6) is 0.304. The van der Waals surface area contributed by atoms with Gasteiger partial charge >= 0.3 is 0 Å². The van der Waals surface area contributed by atoms with Crippen molar-refractivity contribution in [3.63, 3.8) is 0 Å². The molecule has 0 spiro atoms. The molecule has 0 aliphatic carbocycles. The number of benzene rings is 2. The highest BCUT2D eigenvalue weighted by atomic mass is 35.5. The number of hydrogen-bond acceptors (Lipinski definition) is 3. The van der Waals surface area contributed by atoms with Gasteiger partial charge in [0.2, 0.25) is 0 Å². The molecule has 26 heavy (non-hydrogen) atoms. The van der Waals surface area contributed by atoms with E-state index in [0.29, 0.717) is 11.6 Å². The van der Waals surface area contributed by atoms with E-state index in [1.807, 2.05) is 35.9 Å². The molecule has 0 saturated carbocycles. The molecule has 0 aliphatic heterocycles. The number of aromatic nitrogens is 2. The molecule has 1 aromatic heterocycles. The number of methoxy groups -OCH3 is 1. The second-order valence-corrected chi connectivity index (χ2v) is 6.08. The van der Waals surface area contributed by atoms with Crippen molar-refractivity contribution in [3.05, 3.63) is 82.6 Å². The molecular formula is C19H17ClFN3O2. The van der Waals surface area contributed by atoms with Crippen LogP contribution >= 0.6 is 11.6 Å². The highest BCUT2D eigenvalue weighted by Gasteiger charge is 2.25. The topological polar surface area (TPSA) is 56.1 Å². The Labute approximate surface area is 155 Å². The molecule has 3 aromatic rings. The van der Waals surface area contributed by atoms with Crippen molar-refractivity contribution in [2.75, 3.05) is 7.11 Å². The number of ether oxygens (including phenoxy) is 1. The summed E-state index contributed by atoms with van der Waals surface area (Å²) in [4.78, 5) is 17.1. The summed E-state index contributed by atoms with van der Waals surface area (Å²) in [5.41, 5.74) is 0.929. The summed E-state index contributed by atoms with van der Waals surface area (Å²) < 4.78 is 20.5. The van der Waals surface area contributed by atoms with E-state index in [1.165, 1.54) is 12.1 Å². The number of hydrogen-bond donors (Lipinski definition) is 1. The fourth-order valence-corrected chi connectivity index (χ4v) is 2.98. The number of nitrogens with zero attached hydrogens (tertiary/aromatic N) is 2. The maximum absolute atomic E-state index is 13.3. The minimum atomic E-state index is -0.570. The summed E-state index contributed by atoms with van der Waals surface area (Å²) in [7, 11) is 3.40. The van der Waals surface area contributed by atoms with Crippen LogP contribution in [0.4, 0.5) is 4.39 Å². The molecule has 3 rings (SSSR count). The normalized spacial score (nSPS) is 11.8. The van der Waals surface area contributed by atoms with Crippen LogP contribution in [0.25, 0.3) is 0 Å². The summed E-state index contributed by atoms with van der Waals surface area (Å²) in [6.07, 6.45) is 3.43. The van der Waals surface area contributed by atoms with Gasteiger partial charge in [0.1, 0.15) is 23.4 Å². The van der Waals surface area contributed by atoms with Crippen molar-refractivity contribution in [2.24, 2.45) is 7.05 Å². The van der Waals surface area contributed by atoms with Crippen molar-refractivity contribution >= 4 is 17.5 Å². The minimum absolute atomic E-state index is 0.0427. The van der Waals surface area contributed by atoms with Crippen molar-refractivity contribution < 1.29 is 13.9 Å². The largest absolute Gasteiger partial charge is 0.496 e. The number of para-hydroxylation sites is 1. The second-order valence-electron chi connectivity index (χ2n) is 5.67. The molecule has 1 heterocycles. The first-order valence-electron chi connectivity index (χ1n) is 7.87. The Morgan fingerprint density at radius 2 is 2.08 bits per heavy atom. The van der Waals surface area contributed by atoms with Crippen LogP contribution in [0.15, 0.2) is 54.9 Å². The van der Waals surface area contributed by atoms with Crippen LogP contribution < -0.4 is 10.1 Å². The van der Waals surface area contributed by atoms with Gasteiger partial charge in [0, 0.05) is 25.0 Å². The molecule has 1 atom stereocenters. The van der Waals surface area contributed by atoms with Crippen LogP contribution in [0.5, 0.6) is 5.75 Å². The van der Waals surface area contributed by atoms with E-state index >= 15 is 0 Å². The van der Waals surface area contributed by atoms with E-state index in [0.717, 1.165) is 11.6 Å². The predicted molar refractivity (Wildman–Crippen MR) is 96.9 cm³/mol. The lowest BCUT2D eigenvalue weighted by Crippen LogP contribution is -2.31. The van der Waals surface area contributed by atoms with Gasteiger partial charge in [-0.1, -0.05) is 29.8 Å². The van der Waals surface area contributed by atoms with Gasteiger partial charge in [-0.3, -0.25) is 4.79 Å². The number of carbonyl (C=O) groups is 1. The summed E-state index contributed by atoms with van der Waals surface area (Å²) >= 11 is 6.02. The molecule has 1 N–H and O–H groups in total. The van der Waals surface area contributed by atoms with Crippen molar-refractivity contribution in [2.45, 2.75) is 6.04 Å². The molecule has 0 saturated heterocycles. The Hall–Kier alpha value is -2.86. The Balaban J connectivity index is 2.02. The Morgan fingerprint density at radius 3 is 2.73 bits per heavy atom. The minimum Gasteiger partial charge on any atom is -0.496 e. The summed E-state index contributed by atoms with van der Waals surface area (Å²) in [6, 6.07) is 10.4. The Bertz CT molecular complexity index is 942. The third kappa shape index (κ3) is 3.55. The molecule has 5 nitrogen and oxygen atoms in total. The van der Waals surface area contributed by atoms with Gasteiger partial charge in [-0.15, -0.1) is 0 Å². The fraction of sp³-hybridized carbons (Fsp3) is 0.158. The second kappa shape index (κ2) is 7.58. The van der Waals surface area contributed by atoms with Crippen LogP contribution in [-0.2, 0) is 7.05 Å². The first-order chi connectivity index (χ1) is 12.5. The van der Waals surface area contributed by atoms with E-state index in [2.05, 4.69) is 10.3 Å². The first-order valence-corrected chi connectivity index (χ1v) is 8.25. The van der Waals surface area contributed by atoms with Gasteiger partial charge in [0.15, 0.2) is 0 Å². The Morgan fingerprint density at radius 1 is 1.31 bits per heavy atom. The highest BCUT2D eigenvalue weighted by molar-refractivity contribution is 6.33. The molecule has 7 heteroatoms. The van der Waals surface area contributed by atoms with E-state index in [-0.39, 0.29) is 10.6 Å². The number of rotatable bonds is 5. The quantitative estimate of drug-likeness (QED) is 0.741. The van der Waals surface area contributed by atoms with Crippen LogP contribution in [-0.4, -0.2) is 22.6 Å². The number of amides is 1. The highest BCUT2D eigenvalue weighted by Crippen LogP contribution is 2.29. The summed E-state index contributed by atoms with van der Waals surface area (Å²) in [6.45, 7) is 0. The van der Waals surface area contributed by atoms with Gasteiger partial charge in [0.05, 0.1) is 17.7 Å². The van der Waals surface area contributed by atoms with Crippen molar-refractivity contribution in [1.29, 1.82) is 0 Å². The molecule has 0 aliphatic rings. The zero-order valence-electron chi connectivity index (χ0n) is 14.2. The lowest BCUT2D eigenvalue weighted by Gasteiger charge is -2.21. The van der Waals surface area contributed by atoms with E-state index in [1.54, 1.807) is 19.5 Å². The maximum Gasteiger partial charge on any atom is 0.253 e. The third-order valence-electron chi connectivity index (χ3n) is 4.02. The molecule has 0 bridgehead atoms. The van der Waals surface area contributed by atoms with Crippen molar-refractivity contribution in [3.8, 4) is 5.75 Å². The first kappa shape index (κ1) is 17.9. The standard InChI is InChI=1S/C19H17ClFN3O2/c1-24-10-9-22-18(24)17(14-5-3-4-6-16(14)26-2)23-19(25)13-8-7-12(21)11-15(13)20/h3-11,17H,1-2H3,(H,23,25). The zero-order valence-corrected chi connectivity index (χ0v) is 15.0. The number of halogens is 2. The molecule has 2 aromatic carbocycles. The number of carbonyl (C=O) groups excluding carboxylic acids is 1. The molecule has 134 valence electrons. The SMILES string of the molecule is COc1ccccc1C(NC(=O)c1ccc(F)cc1Cl)c1nccn1C. The predicted octanol–water partition coefficient (Wildman–Crippen LogP) is 3.74. The molecule has 1 amide bonds. The Kier molecular flexibility index (Phi) is 5.23. The van der Waals surface area contributed by atoms with Crippen LogP contribution in [0, 0.1) is 5.82 Å². The number of aryl methyl sites for hydroxylation is 1. The van der Waals surface area contributed by atoms with E-state index < -0.39 is 17.8 Å². The number of nitrogens with one attached hydrogen (secondary N) is 1. The van der Waals surface area contributed by atoms with Crippen molar-refractivity contribution in [1.82, 2.24) is 14.9 Å². The van der Waals surface area contributed by atoms with E-state index in [9.17, 15) is 9.18 Å². The molecular weight excluding hydrogens is 357 g/mol.